The van der Waals surface area contributed by atoms with Crippen LogP contribution in [0, 0.1) is 0 Å². The molecule has 2 heterocycles. The molecule has 0 aliphatic carbocycles. The Hall–Kier alpha value is -1.98. The molecule has 1 N–H and O–H groups in total. The standard InChI is InChI=1S/C19H11Cl4N3O/c20-11-4-3-10(13(21)6-11)9-26-17-8-15(23)14(22)7-16(17)25-18(26)12-2-1-5-24-19(12)27/h1-8H,9H2,(H,24,27). The van der Waals surface area contributed by atoms with Crippen LogP contribution in [0.1, 0.15) is 5.56 Å². The summed E-state index contributed by atoms with van der Waals surface area (Å²) in [6.45, 7) is 0.383. The molecule has 27 heavy (non-hydrogen) atoms. The highest BCUT2D eigenvalue weighted by molar-refractivity contribution is 6.42. The van der Waals surface area contributed by atoms with E-state index in [0.717, 1.165) is 11.1 Å². The summed E-state index contributed by atoms with van der Waals surface area (Å²) in [6.07, 6.45) is 1.57. The molecule has 0 aliphatic rings. The predicted octanol–water partition coefficient (Wildman–Crippen LogP) is 6.05. The van der Waals surface area contributed by atoms with Crippen LogP contribution in [0.4, 0.5) is 0 Å². The molecule has 0 radical (unpaired) electrons. The zero-order valence-electron chi connectivity index (χ0n) is 13.6. The number of nitrogens with one attached hydrogen (secondary N) is 1. The third-order valence-corrected chi connectivity index (χ3v) is 5.50. The fourth-order valence-corrected chi connectivity index (χ4v) is 3.69. The van der Waals surface area contributed by atoms with Crippen LogP contribution in [0.15, 0.2) is 53.5 Å². The van der Waals surface area contributed by atoms with Crippen molar-refractivity contribution in [3.05, 3.63) is 84.7 Å². The van der Waals surface area contributed by atoms with Gasteiger partial charge in [0.15, 0.2) is 0 Å². The molecule has 4 rings (SSSR count). The van der Waals surface area contributed by atoms with Crippen molar-refractivity contribution in [1.29, 1.82) is 0 Å². The van der Waals surface area contributed by atoms with Crippen molar-refractivity contribution < 1.29 is 0 Å². The lowest BCUT2D eigenvalue weighted by Gasteiger charge is -2.11. The molecule has 0 fully saturated rings. The normalized spacial score (nSPS) is 11.3. The minimum Gasteiger partial charge on any atom is -0.328 e. The topological polar surface area (TPSA) is 50.7 Å². The molecule has 0 bridgehead atoms. The third-order valence-electron chi connectivity index (χ3n) is 4.19. The third kappa shape index (κ3) is 3.46. The lowest BCUT2D eigenvalue weighted by molar-refractivity contribution is 0.833. The van der Waals surface area contributed by atoms with Gasteiger partial charge in [-0.15, -0.1) is 0 Å². The van der Waals surface area contributed by atoms with E-state index >= 15 is 0 Å². The maximum absolute atomic E-state index is 12.3. The molecule has 0 saturated heterocycles. The monoisotopic (exact) mass is 437 g/mol. The van der Waals surface area contributed by atoms with Crippen molar-refractivity contribution in [3.63, 3.8) is 0 Å². The van der Waals surface area contributed by atoms with Crippen LogP contribution in [-0.4, -0.2) is 14.5 Å². The lowest BCUT2D eigenvalue weighted by atomic mass is 10.2. The van der Waals surface area contributed by atoms with Gasteiger partial charge in [-0.1, -0.05) is 52.5 Å². The van der Waals surface area contributed by atoms with Gasteiger partial charge < -0.3 is 9.55 Å². The molecule has 0 unspecified atom stereocenters. The molecule has 0 saturated carbocycles. The van der Waals surface area contributed by atoms with Crippen LogP contribution in [0.25, 0.3) is 22.4 Å². The molecule has 0 amide bonds. The van der Waals surface area contributed by atoms with E-state index in [2.05, 4.69) is 9.97 Å². The van der Waals surface area contributed by atoms with E-state index in [0.29, 0.717) is 43.5 Å². The van der Waals surface area contributed by atoms with Crippen LogP contribution in [0.3, 0.4) is 0 Å². The minimum absolute atomic E-state index is 0.242. The first-order chi connectivity index (χ1) is 12.9. The molecule has 8 heteroatoms. The SMILES string of the molecule is O=c1[nH]cccc1-c1nc2cc(Cl)c(Cl)cc2n1Cc1ccc(Cl)cc1Cl. The molecule has 4 aromatic rings. The number of halogens is 4. The Kier molecular flexibility index (Phi) is 4.91. The first kappa shape index (κ1) is 18.4. The van der Waals surface area contributed by atoms with Crippen molar-refractivity contribution in [3.8, 4) is 11.4 Å². The van der Waals surface area contributed by atoms with Crippen molar-refractivity contribution in [1.82, 2.24) is 14.5 Å². The number of H-pyrrole nitrogens is 1. The molecule has 0 atom stereocenters. The molecular formula is C19H11Cl4N3O. The predicted molar refractivity (Wildman–Crippen MR) is 111 cm³/mol. The maximum atomic E-state index is 12.3. The zero-order chi connectivity index (χ0) is 19.1. The first-order valence-electron chi connectivity index (χ1n) is 7.91. The van der Waals surface area contributed by atoms with E-state index in [1.54, 1.807) is 42.6 Å². The Morgan fingerprint density at radius 1 is 0.963 bits per heavy atom. The summed E-state index contributed by atoms with van der Waals surface area (Å²) in [4.78, 5) is 19.6. The Bertz CT molecular complexity index is 1230. The zero-order valence-corrected chi connectivity index (χ0v) is 16.7. The smallest absolute Gasteiger partial charge is 0.258 e. The summed E-state index contributed by atoms with van der Waals surface area (Å²) in [5, 5.41) is 1.87. The van der Waals surface area contributed by atoms with Gasteiger partial charge in [-0.2, -0.15) is 0 Å². The number of benzene rings is 2. The second-order valence-corrected chi connectivity index (χ2v) is 7.58. The lowest BCUT2D eigenvalue weighted by Crippen LogP contribution is -2.12. The van der Waals surface area contributed by atoms with E-state index in [1.165, 1.54) is 0 Å². The summed E-state index contributed by atoms with van der Waals surface area (Å²) >= 11 is 24.7. The first-order valence-corrected chi connectivity index (χ1v) is 9.42. The van der Waals surface area contributed by atoms with E-state index in [1.807, 2.05) is 10.6 Å². The van der Waals surface area contributed by atoms with E-state index in [9.17, 15) is 4.79 Å². The Morgan fingerprint density at radius 2 is 1.74 bits per heavy atom. The fourth-order valence-electron chi connectivity index (χ4n) is 2.90. The second-order valence-electron chi connectivity index (χ2n) is 5.93. The number of pyridine rings is 1. The average molecular weight is 439 g/mol. The molecule has 2 aromatic carbocycles. The largest absolute Gasteiger partial charge is 0.328 e. The Balaban J connectivity index is 1.98. The summed E-state index contributed by atoms with van der Waals surface area (Å²) in [6, 6.07) is 12.2. The highest BCUT2D eigenvalue weighted by Gasteiger charge is 2.18. The highest BCUT2D eigenvalue weighted by Crippen LogP contribution is 2.32. The van der Waals surface area contributed by atoms with Gasteiger partial charge >= 0.3 is 0 Å². The number of fused-ring (bicyclic) bond motifs is 1. The van der Waals surface area contributed by atoms with Crippen LogP contribution >= 0.6 is 46.4 Å². The van der Waals surface area contributed by atoms with Gasteiger partial charge in [0, 0.05) is 16.2 Å². The molecule has 4 nitrogen and oxygen atoms in total. The van der Waals surface area contributed by atoms with Crippen LogP contribution in [0.5, 0.6) is 0 Å². The van der Waals surface area contributed by atoms with Gasteiger partial charge in [0.2, 0.25) is 0 Å². The van der Waals surface area contributed by atoms with Crippen molar-refractivity contribution >= 4 is 57.4 Å². The minimum atomic E-state index is -0.242. The van der Waals surface area contributed by atoms with Crippen LogP contribution in [-0.2, 0) is 6.54 Å². The number of nitrogens with zero attached hydrogens (tertiary/aromatic N) is 2. The number of hydrogen-bond acceptors (Lipinski definition) is 2. The molecular weight excluding hydrogens is 428 g/mol. The van der Waals surface area contributed by atoms with Crippen LogP contribution < -0.4 is 5.56 Å². The summed E-state index contributed by atoms with van der Waals surface area (Å²) in [5.41, 5.74) is 2.40. The summed E-state index contributed by atoms with van der Waals surface area (Å²) in [7, 11) is 0. The van der Waals surface area contributed by atoms with Crippen molar-refractivity contribution in [2.75, 3.05) is 0 Å². The quantitative estimate of drug-likeness (QED) is 0.423. The summed E-state index contributed by atoms with van der Waals surface area (Å²) < 4.78 is 1.89. The Labute approximate surface area is 174 Å². The molecule has 136 valence electrons. The molecule has 0 spiro atoms. The van der Waals surface area contributed by atoms with Gasteiger partial charge in [0.25, 0.3) is 5.56 Å². The van der Waals surface area contributed by atoms with Gasteiger partial charge in [-0.3, -0.25) is 4.79 Å². The molecule has 0 aliphatic heterocycles. The fraction of sp³-hybridized carbons (Fsp3) is 0.0526. The van der Waals surface area contributed by atoms with Gasteiger partial charge in [0.1, 0.15) is 5.82 Å². The summed E-state index contributed by atoms with van der Waals surface area (Å²) in [5.74, 6) is 0.496. The number of aromatic nitrogens is 3. The highest BCUT2D eigenvalue weighted by atomic mass is 35.5. The number of rotatable bonds is 3. The van der Waals surface area contributed by atoms with Crippen molar-refractivity contribution in [2.45, 2.75) is 6.54 Å². The number of imidazole rings is 1. The Morgan fingerprint density at radius 3 is 2.48 bits per heavy atom. The number of hydrogen-bond donors (Lipinski definition) is 1. The average Bonchev–Trinajstić information content (AvgIpc) is 2.95. The maximum Gasteiger partial charge on any atom is 0.258 e. The van der Waals surface area contributed by atoms with E-state index in [4.69, 9.17) is 46.4 Å². The van der Waals surface area contributed by atoms with Gasteiger partial charge in [-0.25, -0.2) is 4.98 Å². The molecule has 2 aromatic heterocycles. The van der Waals surface area contributed by atoms with Crippen LogP contribution in [0.2, 0.25) is 20.1 Å². The van der Waals surface area contributed by atoms with E-state index in [-0.39, 0.29) is 5.56 Å². The van der Waals surface area contributed by atoms with Crippen molar-refractivity contribution in [2.24, 2.45) is 0 Å². The number of aromatic amines is 1. The van der Waals surface area contributed by atoms with E-state index < -0.39 is 0 Å². The van der Waals surface area contributed by atoms with Gasteiger partial charge in [0.05, 0.1) is 33.2 Å². The van der Waals surface area contributed by atoms with Gasteiger partial charge in [-0.05, 0) is 42.0 Å². The second kappa shape index (κ2) is 7.21.